The van der Waals surface area contributed by atoms with Crippen LogP contribution >= 0.6 is 11.8 Å². The van der Waals surface area contributed by atoms with Crippen LogP contribution in [0.15, 0.2) is 18.2 Å². The molecule has 0 aromatic heterocycles. The van der Waals surface area contributed by atoms with E-state index in [1.165, 1.54) is 18.6 Å². The molecule has 2 rings (SSSR count). The van der Waals surface area contributed by atoms with E-state index in [2.05, 4.69) is 16.9 Å². The van der Waals surface area contributed by atoms with E-state index in [0.29, 0.717) is 12.1 Å². The summed E-state index contributed by atoms with van der Waals surface area (Å²) in [7, 11) is 0. The van der Waals surface area contributed by atoms with Crippen molar-refractivity contribution in [3.8, 4) is 0 Å². The third-order valence-corrected chi connectivity index (χ3v) is 5.43. The van der Waals surface area contributed by atoms with Gasteiger partial charge in [-0.3, -0.25) is 0 Å². The fraction of sp³-hybridized carbons (Fsp3) is 0.533. The Morgan fingerprint density at radius 2 is 2.19 bits per heavy atom. The van der Waals surface area contributed by atoms with Crippen LogP contribution in [-0.2, 0) is 13.2 Å². The molecule has 0 unspecified atom stereocenters. The van der Waals surface area contributed by atoms with E-state index < -0.39 is 5.82 Å². The summed E-state index contributed by atoms with van der Waals surface area (Å²) >= 11 is 1.81. The smallest absolute Gasteiger partial charge is 0.315 e. The van der Waals surface area contributed by atoms with Crippen LogP contribution in [0.4, 0.5) is 9.18 Å². The molecular formula is C15H21FN2O2S. The lowest BCUT2D eigenvalue weighted by molar-refractivity contribution is 0.236. The lowest BCUT2D eigenvalue weighted by Crippen LogP contribution is -2.47. The van der Waals surface area contributed by atoms with E-state index in [4.69, 9.17) is 5.11 Å². The van der Waals surface area contributed by atoms with E-state index in [9.17, 15) is 9.18 Å². The van der Waals surface area contributed by atoms with Gasteiger partial charge in [0.05, 0.1) is 6.61 Å². The van der Waals surface area contributed by atoms with Crippen molar-refractivity contribution in [2.45, 2.75) is 37.2 Å². The molecule has 0 saturated heterocycles. The molecule has 0 radical (unpaired) electrons. The number of hydrogen-bond acceptors (Lipinski definition) is 3. The molecule has 0 spiro atoms. The van der Waals surface area contributed by atoms with Gasteiger partial charge in [0, 0.05) is 23.4 Å². The van der Waals surface area contributed by atoms with Crippen molar-refractivity contribution in [2.75, 3.05) is 12.8 Å². The summed E-state index contributed by atoms with van der Waals surface area (Å²) in [5.74, 6) is -0.451. The molecule has 1 fully saturated rings. The third-order valence-electron chi connectivity index (χ3n) is 4.01. The minimum Gasteiger partial charge on any atom is -0.392 e. The summed E-state index contributed by atoms with van der Waals surface area (Å²) in [6, 6.07) is 4.33. The number of halogens is 1. The third kappa shape index (κ3) is 4.11. The average Bonchev–Trinajstić information content (AvgIpc) is 2.44. The quantitative estimate of drug-likeness (QED) is 0.756. The van der Waals surface area contributed by atoms with Crippen molar-refractivity contribution in [3.05, 3.63) is 35.1 Å². The van der Waals surface area contributed by atoms with E-state index in [-0.39, 0.29) is 29.5 Å². The highest BCUT2D eigenvalue weighted by molar-refractivity contribution is 8.00. The van der Waals surface area contributed by atoms with Crippen molar-refractivity contribution < 1.29 is 14.3 Å². The number of amides is 2. The SMILES string of the molecule is CSC1(CNC(=O)NCc2ccc(CO)c(F)c2)CCC1. The second kappa shape index (κ2) is 7.13. The highest BCUT2D eigenvalue weighted by Gasteiger charge is 2.36. The lowest BCUT2D eigenvalue weighted by Gasteiger charge is -2.40. The van der Waals surface area contributed by atoms with Crippen LogP contribution < -0.4 is 10.6 Å². The van der Waals surface area contributed by atoms with Gasteiger partial charge in [-0.15, -0.1) is 0 Å². The molecule has 1 aromatic carbocycles. The Labute approximate surface area is 128 Å². The van der Waals surface area contributed by atoms with Gasteiger partial charge in [-0.25, -0.2) is 9.18 Å². The highest BCUT2D eigenvalue weighted by atomic mass is 32.2. The summed E-state index contributed by atoms with van der Waals surface area (Å²) < 4.78 is 13.7. The molecule has 0 aliphatic heterocycles. The number of nitrogens with one attached hydrogen (secondary N) is 2. The Balaban J connectivity index is 1.77. The zero-order valence-electron chi connectivity index (χ0n) is 12.1. The minimum absolute atomic E-state index is 0.201. The number of carbonyl (C=O) groups excluding carboxylic acids is 1. The highest BCUT2D eigenvalue weighted by Crippen LogP contribution is 2.42. The van der Waals surface area contributed by atoms with Gasteiger partial charge in [-0.1, -0.05) is 18.6 Å². The molecular weight excluding hydrogens is 291 g/mol. The number of thioether (sulfide) groups is 1. The van der Waals surface area contributed by atoms with Gasteiger partial charge in [-0.05, 0) is 30.7 Å². The van der Waals surface area contributed by atoms with Gasteiger partial charge < -0.3 is 15.7 Å². The number of aliphatic hydroxyl groups excluding tert-OH is 1. The molecule has 3 N–H and O–H groups in total. The first kappa shape index (κ1) is 16.1. The maximum atomic E-state index is 13.5. The van der Waals surface area contributed by atoms with Gasteiger partial charge in [-0.2, -0.15) is 11.8 Å². The Bertz CT molecular complexity index is 501. The minimum atomic E-state index is -0.451. The van der Waals surface area contributed by atoms with Gasteiger partial charge in [0.25, 0.3) is 0 Å². The molecule has 1 saturated carbocycles. The largest absolute Gasteiger partial charge is 0.392 e. The molecule has 0 atom stereocenters. The zero-order chi connectivity index (χ0) is 15.3. The number of rotatable bonds is 6. The summed E-state index contributed by atoms with van der Waals surface area (Å²) in [6.45, 7) is 0.606. The van der Waals surface area contributed by atoms with Crippen molar-refractivity contribution >= 4 is 17.8 Å². The van der Waals surface area contributed by atoms with Crippen LogP contribution in [0.2, 0.25) is 0 Å². The van der Waals surface area contributed by atoms with Crippen molar-refractivity contribution in [2.24, 2.45) is 0 Å². The molecule has 0 heterocycles. The fourth-order valence-electron chi connectivity index (χ4n) is 2.34. The first-order valence-electron chi connectivity index (χ1n) is 7.03. The Kier molecular flexibility index (Phi) is 5.47. The average molecular weight is 312 g/mol. The first-order valence-corrected chi connectivity index (χ1v) is 8.26. The van der Waals surface area contributed by atoms with Gasteiger partial charge in [0.15, 0.2) is 0 Å². The molecule has 1 aliphatic rings. The molecule has 21 heavy (non-hydrogen) atoms. The van der Waals surface area contributed by atoms with Gasteiger partial charge >= 0.3 is 6.03 Å². The van der Waals surface area contributed by atoms with E-state index in [0.717, 1.165) is 12.8 Å². The topological polar surface area (TPSA) is 61.4 Å². The van der Waals surface area contributed by atoms with Crippen LogP contribution in [0.3, 0.4) is 0 Å². The fourth-order valence-corrected chi connectivity index (χ4v) is 3.25. The molecule has 6 heteroatoms. The van der Waals surface area contributed by atoms with Crippen molar-refractivity contribution in [3.63, 3.8) is 0 Å². The number of aliphatic hydroxyl groups is 1. The summed E-state index contributed by atoms with van der Waals surface area (Å²) in [5, 5.41) is 14.5. The standard InChI is InChI=1S/C15H21FN2O2S/c1-21-15(5-2-6-15)10-18-14(20)17-8-11-3-4-12(9-19)13(16)7-11/h3-4,7,19H,2,5-6,8-10H2,1H3,(H2,17,18,20). The number of carbonyl (C=O) groups is 1. The second-order valence-electron chi connectivity index (χ2n) is 5.36. The van der Waals surface area contributed by atoms with Crippen molar-refractivity contribution in [1.82, 2.24) is 10.6 Å². The number of hydrogen-bond donors (Lipinski definition) is 3. The maximum Gasteiger partial charge on any atom is 0.315 e. The van der Waals surface area contributed by atoms with Crippen LogP contribution in [0.25, 0.3) is 0 Å². The van der Waals surface area contributed by atoms with Crippen LogP contribution in [0, 0.1) is 5.82 Å². The molecule has 4 nitrogen and oxygen atoms in total. The normalized spacial score (nSPS) is 16.1. The van der Waals surface area contributed by atoms with E-state index in [1.54, 1.807) is 17.8 Å². The summed E-state index contributed by atoms with van der Waals surface area (Å²) in [5.41, 5.74) is 0.929. The van der Waals surface area contributed by atoms with Crippen molar-refractivity contribution in [1.29, 1.82) is 0 Å². The number of urea groups is 1. The first-order chi connectivity index (χ1) is 10.1. The summed E-state index contributed by atoms with van der Waals surface area (Å²) in [4.78, 5) is 11.8. The van der Waals surface area contributed by atoms with Crippen LogP contribution in [0.1, 0.15) is 30.4 Å². The Morgan fingerprint density at radius 3 is 2.71 bits per heavy atom. The monoisotopic (exact) mass is 312 g/mol. The predicted molar refractivity (Wildman–Crippen MR) is 82.7 cm³/mol. The Hall–Kier alpha value is -1.27. The second-order valence-corrected chi connectivity index (χ2v) is 6.64. The number of benzene rings is 1. The molecule has 2 amide bonds. The molecule has 116 valence electrons. The molecule has 1 aliphatic carbocycles. The van der Waals surface area contributed by atoms with E-state index >= 15 is 0 Å². The zero-order valence-corrected chi connectivity index (χ0v) is 12.9. The van der Waals surface area contributed by atoms with Gasteiger partial charge in [0.1, 0.15) is 5.82 Å². The maximum absolute atomic E-state index is 13.5. The molecule has 1 aromatic rings. The Morgan fingerprint density at radius 1 is 1.43 bits per heavy atom. The predicted octanol–water partition coefficient (Wildman–Crippen LogP) is 2.40. The van der Waals surface area contributed by atoms with Crippen LogP contribution in [0.5, 0.6) is 0 Å². The lowest BCUT2D eigenvalue weighted by atomic mass is 9.84. The van der Waals surface area contributed by atoms with Gasteiger partial charge in [0.2, 0.25) is 0 Å². The van der Waals surface area contributed by atoms with E-state index in [1.807, 2.05) is 0 Å². The van der Waals surface area contributed by atoms with Crippen LogP contribution in [-0.4, -0.2) is 28.7 Å². The summed E-state index contributed by atoms with van der Waals surface area (Å²) in [6.07, 6.45) is 5.58. The molecule has 0 bridgehead atoms.